The first-order chi connectivity index (χ1) is 29.1. The van der Waals surface area contributed by atoms with Crippen LogP contribution in [0.15, 0.2) is 188 Å². The molecule has 0 radical (unpaired) electrons. The zero-order chi connectivity index (χ0) is 39.7. The highest BCUT2D eigenvalue weighted by Crippen LogP contribution is 2.41. The number of nitriles is 1. The van der Waals surface area contributed by atoms with E-state index in [2.05, 4.69) is 57.9 Å². The summed E-state index contributed by atoms with van der Waals surface area (Å²) in [4.78, 5) is 24.4. The summed E-state index contributed by atoms with van der Waals surface area (Å²) in [6.45, 7) is 7.91. The van der Waals surface area contributed by atoms with Gasteiger partial charge in [-0.2, -0.15) is 5.26 Å². The van der Waals surface area contributed by atoms with Crippen molar-refractivity contribution in [2.24, 2.45) is 0 Å². The van der Waals surface area contributed by atoms with E-state index >= 15 is 0 Å². The van der Waals surface area contributed by atoms with Crippen LogP contribution in [-0.2, 0) is 0 Å². The second kappa shape index (κ2) is 14.9. The molecule has 3 heterocycles. The number of rotatable bonds is 7. The van der Waals surface area contributed by atoms with Crippen molar-refractivity contribution in [3.8, 4) is 79.6 Å². The number of nitrogens with zero attached hydrogens (tertiary/aromatic N) is 7. The highest BCUT2D eigenvalue weighted by atomic mass is 15.0. The van der Waals surface area contributed by atoms with Gasteiger partial charge in [-0.1, -0.05) is 146 Å². The summed E-state index contributed by atoms with van der Waals surface area (Å²) < 4.78 is 2.15. The van der Waals surface area contributed by atoms with Gasteiger partial charge in [0.1, 0.15) is 0 Å². The average molecular weight is 754 g/mol. The monoisotopic (exact) mass is 753 g/mol. The number of hydrogen-bond donors (Lipinski definition) is 0. The van der Waals surface area contributed by atoms with Crippen LogP contribution in [0.5, 0.6) is 0 Å². The Morgan fingerprint density at radius 1 is 0.441 bits per heavy atom. The van der Waals surface area contributed by atoms with Crippen LogP contribution in [0.2, 0.25) is 0 Å². The molecule has 0 fully saturated rings. The molecule has 7 nitrogen and oxygen atoms in total. The Kier molecular flexibility index (Phi) is 8.80. The van der Waals surface area contributed by atoms with Gasteiger partial charge in [0, 0.05) is 49.7 Å². The first-order valence-corrected chi connectivity index (χ1v) is 19.1. The topological polar surface area (TPSA) is 84.6 Å². The lowest BCUT2D eigenvalue weighted by Crippen LogP contribution is -2.02. The number of hydrogen-bond acceptors (Lipinski definition) is 5. The molecule has 10 aromatic rings. The molecule has 7 heteroatoms. The normalized spacial score (nSPS) is 11.0. The maximum Gasteiger partial charge on any atom is 0.189 e. The molecule has 3 aromatic heterocycles. The molecule has 7 aromatic carbocycles. The van der Waals surface area contributed by atoms with Gasteiger partial charge in [-0.3, -0.25) is 0 Å². The van der Waals surface area contributed by atoms with Gasteiger partial charge in [-0.25, -0.2) is 24.8 Å². The fourth-order valence-electron chi connectivity index (χ4n) is 7.63. The first kappa shape index (κ1) is 34.9. The van der Waals surface area contributed by atoms with Crippen molar-refractivity contribution in [3.63, 3.8) is 0 Å². The Labute approximate surface area is 340 Å². The van der Waals surface area contributed by atoms with E-state index in [0.29, 0.717) is 28.6 Å². The van der Waals surface area contributed by atoms with E-state index in [1.807, 2.05) is 146 Å². The van der Waals surface area contributed by atoms with Gasteiger partial charge in [0.05, 0.1) is 52.2 Å². The number of benzene rings is 7. The summed E-state index contributed by atoms with van der Waals surface area (Å²) in [6.07, 6.45) is 0. The molecule has 10 rings (SSSR count). The summed E-state index contributed by atoms with van der Waals surface area (Å²) >= 11 is 0. The maximum absolute atomic E-state index is 10.1. The van der Waals surface area contributed by atoms with Crippen LogP contribution < -0.4 is 0 Å². The predicted molar refractivity (Wildman–Crippen MR) is 236 cm³/mol. The summed E-state index contributed by atoms with van der Waals surface area (Å²) in [6, 6.07) is 64.5. The van der Waals surface area contributed by atoms with E-state index in [1.165, 1.54) is 0 Å². The fourth-order valence-corrected chi connectivity index (χ4v) is 7.63. The van der Waals surface area contributed by atoms with Crippen LogP contribution in [-0.4, -0.2) is 24.5 Å². The zero-order valence-corrected chi connectivity index (χ0v) is 31.5. The van der Waals surface area contributed by atoms with Crippen LogP contribution in [0.25, 0.3) is 100 Å². The van der Waals surface area contributed by atoms with Crippen molar-refractivity contribution in [1.82, 2.24) is 24.5 Å². The van der Waals surface area contributed by atoms with Crippen LogP contribution in [0.1, 0.15) is 5.56 Å². The summed E-state index contributed by atoms with van der Waals surface area (Å²) in [5.74, 6) is 1.20. The molecule has 0 saturated carbocycles. The van der Waals surface area contributed by atoms with E-state index in [-0.39, 0.29) is 0 Å². The van der Waals surface area contributed by atoms with Gasteiger partial charge in [-0.05, 0) is 42.5 Å². The summed E-state index contributed by atoms with van der Waals surface area (Å²) in [5.41, 5.74) is 12.0. The summed E-state index contributed by atoms with van der Waals surface area (Å²) in [7, 11) is 0. The minimum Gasteiger partial charge on any atom is -0.310 e. The van der Waals surface area contributed by atoms with Crippen LogP contribution in [0, 0.1) is 17.9 Å². The molecule has 0 spiro atoms. The SMILES string of the molecule is [C-]#[N+]c1ccc2c3ccc(C#N)cc3n(-c3ccc(-c4cc(-c5ccccc5)nc(-c5ccccc5)n4)cc3-c3cc(-c4ccccc4)nc(-c4ccccc4)n3)c2c1. The molecule has 59 heavy (non-hydrogen) atoms. The molecule has 0 saturated heterocycles. The van der Waals surface area contributed by atoms with Crippen molar-refractivity contribution >= 4 is 27.5 Å². The van der Waals surface area contributed by atoms with Crippen molar-refractivity contribution in [3.05, 3.63) is 205 Å². The maximum atomic E-state index is 10.1. The van der Waals surface area contributed by atoms with Gasteiger partial charge < -0.3 is 4.57 Å². The average Bonchev–Trinajstić information content (AvgIpc) is 3.64. The molecule has 0 N–H and O–H groups in total. The smallest absolute Gasteiger partial charge is 0.189 e. The van der Waals surface area contributed by atoms with Crippen molar-refractivity contribution in [1.29, 1.82) is 5.26 Å². The molecule has 274 valence electrons. The van der Waals surface area contributed by atoms with Crippen molar-refractivity contribution < 1.29 is 0 Å². The zero-order valence-electron chi connectivity index (χ0n) is 31.5. The Bertz CT molecular complexity index is 3090. The minimum absolute atomic E-state index is 0.517. The Morgan fingerprint density at radius 2 is 0.915 bits per heavy atom. The largest absolute Gasteiger partial charge is 0.310 e. The lowest BCUT2D eigenvalue weighted by molar-refractivity contribution is 1.15. The number of fused-ring (bicyclic) bond motifs is 3. The standard InChI is InChI=1S/C52H31N7/c1-54-40-24-26-42-41-25-22-34(33-53)28-49(41)59(50(42)30-40)48-27-23-39(46-31-44(35-14-6-2-7-15-35)55-51(57-46)37-18-10-4-11-19-37)29-43(48)47-32-45(36-16-8-3-9-17-36)56-52(58-47)38-20-12-5-13-21-38/h2-32H. The highest BCUT2D eigenvalue weighted by molar-refractivity contribution is 6.11. The third-order valence-electron chi connectivity index (χ3n) is 10.5. The Morgan fingerprint density at radius 3 is 1.46 bits per heavy atom. The lowest BCUT2D eigenvalue weighted by Gasteiger charge is -2.17. The van der Waals surface area contributed by atoms with E-state index in [9.17, 15) is 5.26 Å². The van der Waals surface area contributed by atoms with Gasteiger partial charge in [0.15, 0.2) is 17.3 Å². The second-order valence-corrected chi connectivity index (χ2v) is 14.1. The predicted octanol–water partition coefficient (Wildman–Crippen LogP) is 12.8. The van der Waals surface area contributed by atoms with Gasteiger partial charge >= 0.3 is 0 Å². The highest BCUT2D eigenvalue weighted by Gasteiger charge is 2.21. The molecular formula is C52H31N7. The fraction of sp³-hybridized carbons (Fsp3) is 0. The molecule has 0 unspecified atom stereocenters. The van der Waals surface area contributed by atoms with Crippen molar-refractivity contribution in [2.75, 3.05) is 0 Å². The van der Waals surface area contributed by atoms with E-state index in [0.717, 1.165) is 78.0 Å². The summed E-state index contributed by atoms with van der Waals surface area (Å²) in [5, 5.41) is 12.0. The van der Waals surface area contributed by atoms with Gasteiger partial charge in [0.2, 0.25) is 0 Å². The lowest BCUT2D eigenvalue weighted by atomic mass is 9.99. The minimum atomic E-state index is 0.517. The molecule has 0 aliphatic heterocycles. The third-order valence-corrected chi connectivity index (χ3v) is 10.5. The molecule has 0 aliphatic rings. The third kappa shape index (κ3) is 6.55. The molecule has 0 aliphatic carbocycles. The molecular weight excluding hydrogens is 723 g/mol. The Hall–Kier alpha value is -8.52. The van der Waals surface area contributed by atoms with Gasteiger partial charge in [-0.15, -0.1) is 0 Å². The Balaban J connectivity index is 1.30. The quantitative estimate of drug-likeness (QED) is 0.151. The van der Waals surface area contributed by atoms with Crippen LogP contribution in [0.4, 0.5) is 5.69 Å². The molecule has 0 bridgehead atoms. The van der Waals surface area contributed by atoms with Crippen LogP contribution in [0.3, 0.4) is 0 Å². The molecule has 0 amide bonds. The van der Waals surface area contributed by atoms with E-state index < -0.39 is 0 Å². The second-order valence-electron chi connectivity index (χ2n) is 14.1. The number of aromatic nitrogens is 5. The molecule has 0 atom stereocenters. The van der Waals surface area contributed by atoms with E-state index in [1.54, 1.807) is 0 Å². The first-order valence-electron chi connectivity index (χ1n) is 19.1. The van der Waals surface area contributed by atoms with Crippen molar-refractivity contribution in [2.45, 2.75) is 0 Å². The van der Waals surface area contributed by atoms with Gasteiger partial charge in [0.25, 0.3) is 0 Å². The van der Waals surface area contributed by atoms with E-state index in [4.69, 9.17) is 26.5 Å². The van der Waals surface area contributed by atoms with Crippen LogP contribution >= 0.6 is 0 Å².